The van der Waals surface area contributed by atoms with Gasteiger partial charge in [0.05, 0.1) is 24.9 Å². The van der Waals surface area contributed by atoms with Crippen LogP contribution in [0.4, 0.5) is 10.6 Å². The van der Waals surface area contributed by atoms with E-state index in [-0.39, 0.29) is 6.03 Å². The van der Waals surface area contributed by atoms with Gasteiger partial charge in [-0.1, -0.05) is 13.0 Å². The number of aromatic nitrogens is 3. The standard InChI is InChI=1S/C15H21N5O2/c1-5-12-11(14(22-4)20(3)19-12)9-16-15(21)18-13-8-6-7-10(2)17-13/h6-8H,5,9H2,1-4H3,(H2,16,17,18,21). The van der Waals surface area contributed by atoms with Gasteiger partial charge in [0.2, 0.25) is 5.88 Å². The van der Waals surface area contributed by atoms with Crippen molar-refractivity contribution in [3.8, 4) is 5.88 Å². The molecule has 0 fully saturated rings. The Hall–Kier alpha value is -2.57. The van der Waals surface area contributed by atoms with Crippen molar-refractivity contribution in [2.75, 3.05) is 12.4 Å². The number of carbonyl (C=O) groups excluding carboxylic acids is 1. The van der Waals surface area contributed by atoms with Crippen LogP contribution in [0, 0.1) is 6.92 Å². The van der Waals surface area contributed by atoms with Crippen LogP contribution in [0.25, 0.3) is 0 Å². The maximum Gasteiger partial charge on any atom is 0.320 e. The lowest BCUT2D eigenvalue weighted by Gasteiger charge is -2.09. The molecule has 0 saturated carbocycles. The van der Waals surface area contributed by atoms with Gasteiger partial charge in [0.25, 0.3) is 0 Å². The summed E-state index contributed by atoms with van der Waals surface area (Å²) in [6.45, 7) is 4.23. The molecule has 2 amide bonds. The van der Waals surface area contributed by atoms with Crippen LogP contribution in [0.3, 0.4) is 0 Å². The number of urea groups is 1. The highest BCUT2D eigenvalue weighted by molar-refractivity contribution is 5.88. The van der Waals surface area contributed by atoms with Gasteiger partial charge >= 0.3 is 6.03 Å². The first-order valence-corrected chi connectivity index (χ1v) is 7.12. The Labute approximate surface area is 129 Å². The molecule has 0 radical (unpaired) electrons. The Morgan fingerprint density at radius 1 is 1.41 bits per heavy atom. The van der Waals surface area contributed by atoms with Gasteiger partial charge in [-0.3, -0.25) is 5.32 Å². The van der Waals surface area contributed by atoms with E-state index in [2.05, 4.69) is 20.7 Å². The minimum absolute atomic E-state index is 0.314. The van der Waals surface area contributed by atoms with Gasteiger partial charge in [-0.05, 0) is 25.5 Å². The summed E-state index contributed by atoms with van der Waals surface area (Å²) in [7, 11) is 3.41. The molecular weight excluding hydrogens is 282 g/mol. The zero-order valence-corrected chi connectivity index (χ0v) is 13.3. The molecule has 0 atom stereocenters. The van der Waals surface area contributed by atoms with Gasteiger partial charge in [0.15, 0.2) is 0 Å². The summed E-state index contributed by atoms with van der Waals surface area (Å²) in [5.41, 5.74) is 2.65. The fourth-order valence-electron chi connectivity index (χ4n) is 2.26. The summed E-state index contributed by atoms with van der Waals surface area (Å²) in [5.74, 6) is 1.18. The van der Waals surface area contributed by atoms with Crippen LogP contribution >= 0.6 is 0 Å². The fraction of sp³-hybridized carbons (Fsp3) is 0.400. The fourth-order valence-corrected chi connectivity index (χ4v) is 2.26. The monoisotopic (exact) mass is 303 g/mol. The molecular formula is C15H21N5O2. The third kappa shape index (κ3) is 3.55. The van der Waals surface area contributed by atoms with Crippen molar-refractivity contribution >= 4 is 11.8 Å². The summed E-state index contributed by atoms with van der Waals surface area (Å²) in [6, 6.07) is 5.15. The predicted octanol–water partition coefficient (Wildman–Crippen LogP) is 2.02. The molecule has 7 nitrogen and oxygen atoms in total. The average molecular weight is 303 g/mol. The molecule has 118 valence electrons. The molecule has 0 saturated heterocycles. The summed E-state index contributed by atoms with van der Waals surface area (Å²) in [6.07, 6.45) is 0.773. The molecule has 2 aromatic rings. The van der Waals surface area contributed by atoms with Crippen molar-refractivity contribution in [3.63, 3.8) is 0 Å². The highest BCUT2D eigenvalue weighted by atomic mass is 16.5. The van der Waals surface area contributed by atoms with Gasteiger partial charge in [0, 0.05) is 12.7 Å². The largest absolute Gasteiger partial charge is 0.481 e. The third-order valence-corrected chi connectivity index (χ3v) is 3.26. The molecule has 0 bridgehead atoms. The minimum atomic E-state index is -0.314. The smallest absolute Gasteiger partial charge is 0.320 e. The summed E-state index contributed by atoms with van der Waals surface area (Å²) in [5, 5.41) is 9.89. The quantitative estimate of drug-likeness (QED) is 0.885. The van der Waals surface area contributed by atoms with E-state index in [9.17, 15) is 4.79 Å². The third-order valence-electron chi connectivity index (χ3n) is 3.26. The highest BCUT2D eigenvalue weighted by Gasteiger charge is 2.16. The second-order valence-electron chi connectivity index (χ2n) is 4.88. The van der Waals surface area contributed by atoms with E-state index in [1.807, 2.05) is 33.0 Å². The molecule has 0 unspecified atom stereocenters. The van der Waals surface area contributed by atoms with Gasteiger partial charge in [-0.25, -0.2) is 14.5 Å². The Bertz CT molecular complexity index is 666. The van der Waals surface area contributed by atoms with Crippen molar-refractivity contribution < 1.29 is 9.53 Å². The first-order chi connectivity index (χ1) is 10.5. The lowest BCUT2D eigenvalue weighted by atomic mass is 10.2. The second-order valence-corrected chi connectivity index (χ2v) is 4.88. The number of hydrogen-bond acceptors (Lipinski definition) is 4. The molecule has 0 aliphatic heterocycles. The lowest BCUT2D eigenvalue weighted by Crippen LogP contribution is -2.29. The Morgan fingerprint density at radius 2 is 2.18 bits per heavy atom. The zero-order valence-electron chi connectivity index (χ0n) is 13.3. The van der Waals surface area contributed by atoms with Crippen molar-refractivity contribution in [1.29, 1.82) is 0 Å². The lowest BCUT2D eigenvalue weighted by molar-refractivity contribution is 0.251. The molecule has 2 heterocycles. The van der Waals surface area contributed by atoms with E-state index < -0.39 is 0 Å². The van der Waals surface area contributed by atoms with E-state index in [0.717, 1.165) is 23.4 Å². The maximum absolute atomic E-state index is 12.0. The van der Waals surface area contributed by atoms with Gasteiger partial charge in [0.1, 0.15) is 5.82 Å². The maximum atomic E-state index is 12.0. The number of methoxy groups -OCH3 is 1. The topological polar surface area (TPSA) is 81.1 Å². The SMILES string of the molecule is CCc1nn(C)c(OC)c1CNC(=O)Nc1cccc(C)n1. The number of rotatable bonds is 5. The Morgan fingerprint density at radius 3 is 2.82 bits per heavy atom. The molecule has 2 rings (SSSR count). The number of carbonyl (C=O) groups is 1. The molecule has 2 N–H and O–H groups in total. The number of nitrogens with zero attached hydrogens (tertiary/aromatic N) is 3. The van der Waals surface area contributed by atoms with E-state index in [1.165, 1.54) is 0 Å². The first kappa shape index (κ1) is 15.8. The van der Waals surface area contributed by atoms with Gasteiger partial charge < -0.3 is 10.1 Å². The Kier molecular flexibility index (Phi) is 4.98. The van der Waals surface area contributed by atoms with Crippen LogP contribution in [-0.4, -0.2) is 27.9 Å². The Balaban J connectivity index is 2.02. The number of aryl methyl sites for hydroxylation is 3. The predicted molar refractivity (Wildman–Crippen MR) is 84.0 cm³/mol. The summed E-state index contributed by atoms with van der Waals surface area (Å²) < 4.78 is 7.02. The van der Waals surface area contributed by atoms with E-state index in [1.54, 1.807) is 17.9 Å². The van der Waals surface area contributed by atoms with Crippen LogP contribution in [0.15, 0.2) is 18.2 Å². The number of ether oxygens (including phenoxy) is 1. The van der Waals surface area contributed by atoms with Gasteiger partial charge in [-0.15, -0.1) is 0 Å². The number of pyridine rings is 1. The van der Waals surface area contributed by atoms with E-state index >= 15 is 0 Å². The molecule has 0 aliphatic carbocycles. The molecule has 22 heavy (non-hydrogen) atoms. The van der Waals surface area contributed by atoms with Gasteiger partial charge in [-0.2, -0.15) is 5.10 Å². The van der Waals surface area contributed by atoms with Crippen LogP contribution < -0.4 is 15.4 Å². The van der Waals surface area contributed by atoms with Crippen molar-refractivity contribution in [2.24, 2.45) is 7.05 Å². The first-order valence-electron chi connectivity index (χ1n) is 7.12. The van der Waals surface area contributed by atoms with Crippen molar-refractivity contribution in [1.82, 2.24) is 20.1 Å². The second kappa shape index (κ2) is 6.93. The van der Waals surface area contributed by atoms with Crippen LogP contribution in [0.1, 0.15) is 23.9 Å². The van der Waals surface area contributed by atoms with E-state index in [0.29, 0.717) is 18.2 Å². The van der Waals surface area contributed by atoms with Crippen molar-refractivity contribution in [2.45, 2.75) is 26.8 Å². The number of amides is 2. The van der Waals surface area contributed by atoms with Crippen LogP contribution in [0.2, 0.25) is 0 Å². The average Bonchev–Trinajstić information content (AvgIpc) is 2.80. The molecule has 0 aliphatic rings. The number of hydrogen-bond donors (Lipinski definition) is 2. The molecule has 7 heteroatoms. The summed E-state index contributed by atoms with van der Waals surface area (Å²) >= 11 is 0. The normalized spacial score (nSPS) is 10.4. The van der Waals surface area contributed by atoms with Crippen molar-refractivity contribution in [3.05, 3.63) is 35.2 Å². The minimum Gasteiger partial charge on any atom is -0.481 e. The highest BCUT2D eigenvalue weighted by Crippen LogP contribution is 2.21. The van der Waals surface area contributed by atoms with Crippen LogP contribution in [-0.2, 0) is 20.0 Å². The summed E-state index contributed by atoms with van der Waals surface area (Å²) in [4.78, 5) is 16.2. The number of anilines is 1. The molecule has 0 spiro atoms. The van der Waals surface area contributed by atoms with E-state index in [4.69, 9.17) is 4.74 Å². The zero-order chi connectivity index (χ0) is 16.1. The molecule has 2 aromatic heterocycles. The van der Waals surface area contributed by atoms with Crippen LogP contribution in [0.5, 0.6) is 5.88 Å². The molecule has 0 aromatic carbocycles. The number of nitrogens with one attached hydrogen (secondary N) is 2.